The molecule has 4 saturated carbocycles. The summed E-state index contributed by atoms with van der Waals surface area (Å²) in [5.74, 6) is -0.459. The van der Waals surface area contributed by atoms with E-state index in [2.05, 4.69) is 53.5 Å². The standard InChI is InChI=1S/C44H64N2O7/c1-26(2)35-29(47)23-44(32(48)25-46(10)37(50)27-15-21-45-22-16-27)20-19-42(8)28(36(35)44)11-12-31-41(7)17-14-33(53-34(49)24-39(3,4)38(51)52)40(5,6)30(41)13-18-43(31,42)9/h15-16,21-22,26,28,30-33,48H,11-14,17-20,23-25H2,1-10H3,(H,51,52)/t28-,30+,31-,32+,33-,41+,42-,43-,44+/m1/s1. The maximum Gasteiger partial charge on any atom is 0.309 e. The molecule has 0 bridgehead atoms. The van der Waals surface area contributed by atoms with Gasteiger partial charge in [0.15, 0.2) is 5.78 Å². The lowest BCUT2D eigenvalue weighted by Crippen LogP contribution is -2.66. The van der Waals surface area contributed by atoms with Crippen molar-refractivity contribution in [3.05, 3.63) is 41.2 Å². The number of esters is 1. The number of aromatic nitrogens is 1. The van der Waals surface area contributed by atoms with Crippen LogP contribution in [0.15, 0.2) is 35.7 Å². The van der Waals surface area contributed by atoms with Crippen LogP contribution < -0.4 is 0 Å². The Bertz CT molecular complexity index is 1680. The number of carboxylic acid groups (broad SMARTS) is 1. The molecule has 292 valence electrons. The van der Waals surface area contributed by atoms with Crippen LogP contribution in [-0.4, -0.2) is 69.5 Å². The van der Waals surface area contributed by atoms with Crippen LogP contribution in [0.25, 0.3) is 0 Å². The summed E-state index contributed by atoms with van der Waals surface area (Å²) >= 11 is 0. The molecule has 0 saturated heterocycles. The Morgan fingerprint density at radius 2 is 1.60 bits per heavy atom. The number of fused-ring (bicyclic) bond motifs is 7. The third-order valence-electron chi connectivity index (χ3n) is 16.2. The quantitative estimate of drug-likeness (QED) is 0.245. The van der Waals surface area contributed by atoms with Crippen molar-refractivity contribution in [3.8, 4) is 0 Å². The molecular formula is C44H64N2O7. The number of aliphatic hydroxyl groups is 1. The van der Waals surface area contributed by atoms with Gasteiger partial charge in [0.2, 0.25) is 0 Å². The monoisotopic (exact) mass is 732 g/mol. The number of carboxylic acids is 1. The molecule has 9 nitrogen and oxygen atoms in total. The van der Waals surface area contributed by atoms with Gasteiger partial charge in [-0.1, -0.05) is 54.0 Å². The molecule has 0 unspecified atom stereocenters. The zero-order valence-corrected chi connectivity index (χ0v) is 33.9. The van der Waals surface area contributed by atoms with Crippen LogP contribution >= 0.6 is 0 Å². The molecule has 0 aromatic carbocycles. The number of likely N-dealkylation sites (N-methyl/N-ethyl adjacent to an activating group) is 1. The van der Waals surface area contributed by atoms with Gasteiger partial charge < -0.3 is 19.8 Å². The molecule has 1 aromatic heterocycles. The fourth-order valence-corrected chi connectivity index (χ4v) is 13.1. The van der Waals surface area contributed by atoms with Crippen molar-refractivity contribution >= 4 is 23.6 Å². The summed E-state index contributed by atoms with van der Waals surface area (Å²) in [6, 6.07) is 3.38. The number of nitrogens with zero attached hydrogens (tertiary/aromatic N) is 2. The average Bonchev–Trinajstić information content (AvgIpc) is 3.39. The second-order valence-corrected chi connectivity index (χ2v) is 20.0. The van der Waals surface area contributed by atoms with Gasteiger partial charge in [0.1, 0.15) is 6.10 Å². The van der Waals surface area contributed by atoms with Crippen molar-refractivity contribution in [3.63, 3.8) is 0 Å². The summed E-state index contributed by atoms with van der Waals surface area (Å²) in [7, 11) is 1.73. The summed E-state index contributed by atoms with van der Waals surface area (Å²) in [5.41, 5.74) is 0.440. The van der Waals surface area contributed by atoms with Gasteiger partial charge in [0, 0.05) is 48.8 Å². The molecule has 6 rings (SSSR count). The van der Waals surface area contributed by atoms with Crippen LogP contribution in [-0.2, 0) is 19.1 Å². The number of pyridine rings is 1. The number of carbonyl (C=O) groups is 4. The van der Waals surface area contributed by atoms with Crippen LogP contribution in [0.5, 0.6) is 0 Å². The van der Waals surface area contributed by atoms with Crippen LogP contribution in [0.1, 0.15) is 137 Å². The number of aliphatic hydroxyl groups excluding tert-OH is 1. The fraction of sp³-hybridized carbons (Fsp3) is 0.750. The van der Waals surface area contributed by atoms with E-state index in [1.807, 2.05) is 0 Å². The second kappa shape index (κ2) is 13.3. The van der Waals surface area contributed by atoms with Gasteiger partial charge >= 0.3 is 11.9 Å². The lowest BCUT2D eigenvalue weighted by molar-refractivity contribution is -0.235. The number of allylic oxidation sites excluding steroid dienone is 1. The van der Waals surface area contributed by atoms with Gasteiger partial charge in [-0.15, -0.1) is 0 Å². The molecule has 0 radical (unpaired) electrons. The Kier molecular flexibility index (Phi) is 9.94. The van der Waals surface area contributed by atoms with Gasteiger partial charge in [-0.3, -0.25) is 24.2 Å². The Morgan fingerprint density at radius 3 is 2.23 bits per heavy atom. The maximum absolute atomic E-state index is 14.1. The molecule has 1 aromatic rings. The Labute approximate surface area is 316 Å². The van der Waals surface area contributed by atoms with Gasteiger partial charge in [-0.2, -0.15) is 0 Å². The van der Waals surface area contributed by atoms with Crippen LogP contribution in [0, 0.1) is 56.2 Å². The smallest absolute Gasteiger partial charge is 0.309 e. The Morgan fingerprint density at radius 1 is 0.943 bits per heavy atom. The molecule has 1 heterocycles. The molecule has 2 N–H and O–H groups in total. The normalized spacial score (nSPS) is 36.9. The zero-order chi connectivity index (χ0) is 39.1. The summed E-state index contributed by atoms with van der Waals surface area (Å²) in [6.07, 6.45) is 9.59. The number of rotatable bonds is 9. The van der Waals surface area contributed by atoms with Crippen molar-refractivity contribution in [2.45, 2.75) is 139 Å². The summed E-state index contributed by atoms with van der Waals surface area (Å²) in [6.45, 7) is 19.5. The zero-order valence-electron chi connectivity index (χ0n) is 33.9. The predicted octanol–water partition coefficient (Wildman–Crippen LogP) is 7.91. The highest BCUT2D eigenvalue weighted by molar-refractivity contribution is 6.01. The second-order valence-electron chi connectivity index (χ2n) is 20.0. The number of aliphatic carboxylic acids is 1. The number of hydrogen-bond acceptors (Lipinski definition) is 7. The van der Waals surface area contributed by atoms with E-state index in [0.717, 1.165) is 50.5 Å². The van der Waals surface area contributed by atoms with Gasteiger partial charge in [-0.25, -0.2) is 0 Å². The van der Waals surface area contributed by atoms with Crippen molar-refractivity contribution in [1.29, 1.82) is 0 Å². The lowest BCUT2D eigenvalue weighted by Gasteiger charge is -2.72. The third-order valence-corrected chi connectivity index (χ3v) is 16.2. The average molecular weight is 733 g/mol. The molecule has 53 heavy (non-hydrogen) atoms. The van der Waals surface area contributed by atoms with E-state index in [1.54, 1.807) is 50.3 Å². The van der Waals surface area contributed by atoms with Crippen LogP contribution in [0.3, 0.4) is 0 Å². The number of ether oxygens (including phenoxy) is 1. The van der Waals surface area contributed by atoms with E-state index in [1.165, 1.54) is 5.57 Å². The molecule has 5 aliphatic rings. The van der Waals surface area contributed by atoms with Crippen molar-refractivity contribution < 1.29 is 34.1 Å². The van der Waals surface area contributed by atoms with Crippen LogP contribution in [0.4, 0.5) is 0 Å². The van der Waals surface area contributed by atoms with Gasteiger partial charge in [-0.05, 0) is 123 Å². The number of amides is 1. The van der Waals surface area contributed by atoms with Crippen molar-refractivity contribution in [1.82, 2.24) is 9.88 Å². The van der Waals surface area contributed by atoms with E-state index in [0.29, 0.717) is 30.2 Å². The first-order valence-electron chi connectivity index (χ1n) is 20.1. The van der Waals surface area contributed by atoms with E-state index in [-0.39, 0.29) is 64.3 Å². The SMILES string of the molecule is CC(C)C1=C2[C@H]3CC[C@@H]4[C@@]5(C)CC[C@@H](OC(=O)CC(C)(C)C(=O)O)C(C)(C)[C@@H]5CC[C@@]4(C)[C@]3(C)CC[C@@]2([C@@H](O)CN(C)C(=O)c2ccncc2)CC1=O. The van der Waals surface area contributed by atoms with E-state index in [4.69, 9.17) is 4.74 Å². The number of carbonyl (C=O) groups excluding carboxylic acids is 3. The minimum atomic E-state index is -1.18. The molecule has 0 aliphatic heterocycles. The summed E-state index contributed by atoms with van der Waals surface area (Å²) in [5, 5.41) is 21.9. The minimum Gasteiger partial charge on any atom is -0.481 e. The Hall–Kier alpha value is -3.07. The molecule has 9 heteroatoms. The molecule has 4 fully saturated rings. The molecule has 1 amide bonds. The van der Waals surface area contributed by atoms with Gasteiger partial charge in [0.05, 0.1) is 17.9 Å². The largest absolute Gasteiger partial charge is 0.481 e. The first-order valence-corrected chi connectivity index (χ1v) is 20.1. The fourth-order valence-electron chi connectivity index (χ4n) is 13.1. The Balaban J connectivity index is 1.28. The van der Waals surface area contributed by atoms with E-state index < -0.39 is 28.9 Å². The predicted molar refractivity (Wildman–Crippen MR) is 203 cm³/mol. The number of ketones is 1. The first kappa shape index (κ1) is 39.6. The molecule has 0 spiro atoms. The highest BCUT2D eigenvalue weighted by Gasteiger charge is 2.71. The van der Waals surface area contributed by atoms with Crippen molar-refractivity contribution in [2.24, 2.45) is 56.2 Å². The third kappa shape index (κ3) is 6.01. The van der Waals surface area contributed by atoms with E-state index >= 15 is 0 Å². The maximum atomic E-state index is 14.1. The molecule has 5 aliphatic carbocycles. The van der Waals surface area contributed by atoms with Gasteiger partial charge in [0.25, 0.3) is 5.91 Å². The highest BCUT2D eigenvalue weighted by Crippen LogP contribution is 2.77. The first-order chi connectivity index (χ1) is 24.6. The highest BCUT2D eigenvalue weighted by atomic mass is 16.5. The van der Waals surface area contributed by atoms with E-state index in [9.17, 15) is 29.4 Å². The summed E-state index contributed by atoms with van der Waals surface area (Å²) < 4.78 is 6.15. The minimum absolute atomic E-state index is 0.00177. The van der Waals surface area contributed by atoms with Crippen molar-refractivity contribution in [2.75, 3.05) is 13.6 Å². The van der Waals surface area contributed by atoms with Crippen LogP contribution in [0.2, 0.25) is 0 Å². The topological polar surface area (TPSA) is 134 Å². The number of Topliss-reactive ketones (excluding diaryl/α,β-unsaturated/α-hetero) is 1. The lowest BCUT2D eigenvalue weighted by atomic mass is 9.33. The summed E-state index contributed by atoms with van der Waals surface area (Å²) in [4.78, 5) is 57.9. The number of hydrogen-bond donors (Lipinski definition) is 2. The molecular weight excluding hydrogens is 668 g/mol. The molecule has 9 atom stereocenters.